The third kappa shape index (κ3) is 6.36. The number of ether oxygens (including phenoxy) is 2. The average Bonchev–Trinajstić information content (AvgIpc) is 2.88. The van der Waals surface area contributed by atoms with Crippen molar-refractivity contribution in [2.75, 3.05) is 20.8 Å². The van der Waals surface area contributed by atoms with E-state index in [9.17, 15) is 22.8 Å². The number of hydrogen-bond donors (Lipinski definition) is 3. The van der Waals surface area contributed by atoms with E-state index < -0.39 is 27.8 Å². The second-order valence-corrected chi connectivity index (χ2v) is 9.07. The largest absolute Gasteiger partial charge is 0.493 e. The number of rotatable bonds is 10. The number of carbonyl (C=O) groups excluding carboxylic acids is 2. The number of pyridine rings is 1. The maximum absolute atomic E-state index is 12.5. The Bertz CT molecular complexity index is 1370. The summed E-state index contributed by atoms with van der Waals surface area (Å²) in [6, 6.07) is 12.7. The lowest BCUT2D eigenvalue weighted by molar-refractivity contribution is 0.0689. The minimum Gasteiger partial charge on any atom is -0.493 e. The van der Waals surface area contributed by atoms with Gasteiger partial charge in [0, 0.05) is 18.3 Å². The number of methoxy groups -OCH3 is 2. The second-order valence-electron chi connectivity index (χ2n) is 7.39. The van der Waals surface area contributed by atoms with Crippen LogP contribution in [0.15, 0.2) is 65.7 Å². The fourth-order valence-corrected chi connectivity index (χ4v) is 4.11. The van der Waals surface area contributed by atoms with E-state index in [0.29, 0.717) is 24.5 Å². The Morgan fingerprint density at radius 3 is 2.14 bits per heavy atom. The van der Waals surface area contributed by atoms with Gasteiger partial charge in [0.25, 0.3) is 21.8 Å². The Balaban J connectivity index is 1.58. The molecule has 0 aliphatic heterocycles. The zero-order valence-electron chi connectivity index (χ0n) is 19.3. The highest BCUT2D eigenvalue weighted by atomic mass is 32.2. The molecule has 0 atom stereocenters. The van der Waals surface area contributed by atoms with Crippen LogP contribution in [-0.2, 0) is 16.4 Å². The van der Waals surface area contributed by atoms with Crippen molar-refractivity contribution in [2.24, 2.45) is 0 Å². The molecule has 0 unspecified atom stereocenters. The van der Waals surface area contributed by atoms with Crippen molar-refractivity contribution in [3.63, 3.8) is 0 Å². The van der Waals surface area contributed by atoms with E-state index in [1.165, 1.54) is 31.4 Å². The molecule has 0 saturated heterocycles. The van der Waals surface area contributed by atoms with Crippen molar-refractivity contribution in [3.05, 3.63) is 83.2 Å². The van der Waals surface area contributed by atoms with Crippen LogP contribution in [-0.4, -0.2) is 57.1 Å². The second kappa shape index (κ2) is 11.3. The van der Waals surface area contributed by atoms with E-state index in [1.807, 2.05) is 16.9 Å². The summed E-state index contributed by atoms with van der Waals surface area (Å²) in [5, 5.41) is 11.6. The zero-order valence-corrected chi connectivity index (χ0v) is 20.2. The maximum Gasteiger partial charge on any atom is 0.354 e. The average molecular weight is 514 g/mol. The van der Waals surface area contributed by atoms with E-state index in [2.05, 4.69) is 10.3 Å². The molecule has 3 aromatic rings. The topological polar surface area (TPSA) is 161 Å². The fourth-order valence-electron chi connectivity index (χ4n) is 3.14. The number of aromatic carboxylic acids is 1. The smallest absolute Gasteiger partial charge is 0.354 e. The van der Waals surface area contributed by atoms with Crippen LogP contribution >= 0.6 is 0 Å². The van der Waals surface area contributed by atoms with Crippen molar-refractivity contribution in [1.29, 1.82) is 0 Å². The number of carboxylic acid groups (broad SMARTS) is 1. The summed E-state index contributed by atoms with van der Waals surface area (Å²) in [5.74, 6) is -1.47. The van der Waals surface area contributed by atoms with Crippen LogP contribution in [0, 0.1) is 0 Å². The normalized spacial score (nSPS) is 10.8. The molecule has 3 N–H and O–H groups in total. The lowest BCUT2D eigenvalue weighted by atomic mass is 10.1. The van der Waals surface area contributed by atoms with Gasteiger partial charge < -0.3 is 19.9 Å². The lowest BCUT2D eigenvalue weighted by Gasteiger charge is -2.10. The number of amides is 2. The number of carboxylic acids is 1. The van der Waals surface area contributed by atoms with Gasteiger partial charge in [-0.3, -0.25) is 9.59 Å². The van der Waals surface area contributed by atoms with E-state index >= 15 is 0 Å². The molecule has 1 aromatic heterocycles. The van der Waals surface area contributed by atoms with Crippen molar-refractivity contribution < 1.29 is 37.4 Å². The molecule has 0 fully saturated rings. The molecule has 0 radical (unpaired) electrons. The molecule has 0 saturated carbocycles. The quantitative estimate of drug-likeness (QED) is 0.368. The van der Waals surface area contributed by atoms with Gasteiger partial charge in [0.05, 0.1) is 24.7 Å². The van der Waals surface area contributed by atoms with Gasteiger partial charge in [0.1, 0.15) is 5.69 Å². The van der Waals surface area contributed by atoms with Crippen molar-refractivity contribution in [2.45, 2.75) is 11.3 Å². The molecular formula is C24H23N3O8S. The first-order valence-corrected chi connectivity index (χ1v) is 12.0. The van der Waals surface area contributed by atoms with Gasteiger partial charge in [-0.15, -0.1) is 0 Å². The van der Waals surface area contributed by atoms with Gasteiger partial charge in [-0.2, -0.15) is 0 Å². The van der Waals surface area contributed by atoms with E-state index in [1.54, 1.807) is 13.2 Å². The van der Waals surface area contributed by atoms with E-state index in [4.69, 9.17) is 14.6 Å². The summed E-state index contributed by atoms with van der Waals surface area (Å²) < 4.78 is 37.4. The molecule has 0 bridgehead atoms. The molecule has 0 aliphatic carbocycles. The third-order valence-electron chi connectivity index (χ3n) is 5.05. The van der Waals surface area contributed by atoms with Crippen LogP contribution in [0.2, 0.25) is 0 Å². The van der Waals surface area contributed by atoms with Gasteiger partial charge in [0.15, 0.2) is 11.5 Å². The molecule has 1 heterocycles. The van der Waals surface area contributed by atoms with Crippen molar-refractivity contribution in [3.8, 4) is 11.5 Å². The van der Waals surface area contributed by atoms with E-state index in [-0.39, 0.29) is 21.7 Å². The molecule has 36 heavy (non-hydrogen) atoms. The predicted octanol–water partition coefficient (Wildman–Crippen LogP) is 1.89. The Morgan fingerprint density at radius 2 is 1.56 bits per heavy atom. The van der Waals surface area contributed by atoms with Crippen LogP contribution < -0.4 is 19.5 Å². The minimum absolute atomic E-state index is 0.131. The summed E-state index contributed by atoms with van der Waals surface area (Å²) >= 11 is 0. The summed E-state index contributed by atoms with van der Waals surface area (Å²) in [6.07, 6.45) is 1.50. The number of sulfonamides is 1. The number of hydrogen-bond acceptors (Lipinski definition) is 8. The Kier molecular flexibility index (Phi) is 8.22. The first-order valence-electron chi connectivity index (χ1n) is 10.5. The standard InChI is InChI=1S/C24H23N3O8S/c1-34-20-10-3-15(13-21(20)35-2)11-12-25-22(28)16-4-7-18(8-5-16)36(32,33)27-23(29)17-6-9-19(24(30)31)26-14-17/h3-10,13-14H,11-12H2,1-2H3,(H,25,28)(H,27,29)(H,30,31). The molecule has 3 rings (SSSR count). The summed E-state index contributed by atoms with van der Waals surface area (Å²) in [5.41, 5.74) is 0.750. The number of nitrogens with one attached hydrogen (secondary N) is 2. The van der Waals surface area contributed by atoms with Crippen LogP contribution in [0.1, 0.15) is 36.8 Å². The summed E-state index contributed by atoms with van der Waals surface area (Å²) in [4.78, 5) is 38.9. The van der Waals surface area contributed by atoms with Crippen LogP contribution in [0.4, 0.5) is 0 Å². The zero-order chi connectivity index (χ0) is 26.3. The van der Waals surface area contributed by atoms with Gasteiger partial charge in [0.2, 0.25) is 0 Å². The molecule has 12 heteroatoms. The van der Waals surface area contributed by atoms with Gasteiger partial charge >= 0.3 is 5.97 Å². The van der Waals surface area contributed by atoms with E-state index in [0.717, 1.165) is 23.9 Å². The molecule has 0 aliphatic rings. The van der Waals surface area contributed by atoms with Gasteiger partial charge in [-0.05, 0) is 60.5 Å². The van der Waals surface area contributed by atoms with Gasteiger partial charge in [-0.25, -0.2) is 22.9 Å². The highest BCUT2D eigenvalue weighted by molar-refractivity contribution is 7.90. The van der Waals surface area contributed by atoms with Gasteiger partial charge in [-0.1, -0.05) is 6.07 Å². The number of nitrogens with zero attached hydrogens (tertiary/aromatic N) is 1. The molecule has 188 valence electrons. The number of benzene rings is 2. The summed E-state index contributed by atoms with van der Waals surface area (Å²) in [7, 11) is -1.16. The first kappa shape index (κ1) is 26.2. The predicted molar refractivity (Wildman–Crippen MR) is 128 cm³/mol. The van der Waals surface area contributed by atoms with Crippen molar-refractivity contribution in [1.82, 2.24) is 15.0 Å². The Labute approximate surface area is 207 Å². The van der Waals surface area contributed by atoms with Crippen LogP contribution in [0.25, 0.3) is 0 Å². The molecule has 0 spiro atoms. The Morgan fingerprint density at radius 1 is 0.889 bits per heavy atom. The fraction of sp³-hybridized carbons (Fsp3) is 0.167. The SMILES string of the molecule is COc1ccc(CCNC(=O)c2ccc(S(=O)(=O)NC(=O)c3ccc(C(=O)O)nc3)cc2)cc1OC. The highest BCUT2D eigenvalue weighted by Crippen LogP contribution is 2.27. The highest BCUT2D eigenvalue weighted by Gasteiger charge is 2.20. The minimum atomic E-state index is -4.24. The summed E-state index contributed by atoms with van der Waals surface area (Å²) in [6.45, 7) is 0.332. The molecule has 2 aromatic carbocycles. The molecule has 11 nitrogen and oxygen atoms in total. The monoisotopic (exact) mass is 513 g/mol. The number of carbonyl (C=O) groups is 3. The van der Waals surface area contributed by atoms with Crippen LogP contribution in [0.5, 0.6) is 11.5 Å². The lowest BCUT2D eigenvalue weighted by Crippen LogP contribution is -2.31. The number of aromatic nitrogens is 1. The molecule has 2 amide bonds. The van der Waals surface area contributed by atoms with Crippen LogP contribution in [0.3, 0.4) is 0 Å². The first-order chi connectivity index (χ1) is 17.1. The third-order valence-corrected chi connectivity index (χ3v) is 6.39. The maximum atomic E-state index is 12.5. The molecular weight excluding hydrogens is 490 g/mol. The Hall–Kier alpha value is -4.45. The van der Waals surface area contributed by atoms with Crippen molar-refractivity contribution >= 4 is 27.8 Å².